The number of benzene rings is 1. The third-order valence-electron chi connectivity index (χ3n) is 2.84. The van der Waals surface area contributed by atoms with Gasteiger partial charge in [-0.2, -0.15) is 0 Å². The molecule has 3 heteroatoms. The molecule has 2 aromatic heterocycles. The Kier molecular flexibility index (Phi) is 2.11. The number of aliphatic hydroxyl groups is 1. The van der Waals surface area contributed by atoms with Crippen LogP contribution in [-0.2, 0) is 6.42 Å². The molecule has 0 radical (unpaired) electrons. The molecule has 0 aliphatic heterocycles. The highest BCUT2D eigenvalue weighted by Crippen LogP contribution is 2.24. The molecule has 0 bridgehead atoms. The maximum Gasteiger partial charge on any atom is 0.138 e. The summed E-state index contributed by atoms with van der Waals surface area (Å²) >= 11 is 0. The molecule has 0 saturated heterocycles. The van der Waals surface area contributed by atoms with Crippen LogP contribution in [0, 0.1) is 0 Å². The zero-order valence-corrected chi connectivity index (χ0v) is 8.77. The van der Waals surface area contributed by atoms with Crippen LogP contribution in [0.2, 0.25) is 0 Å². The van der Waals surface area contributed by atoms with Crippen molar-refractivity contribution in [3.05, 3.63) is 42.1 Å². The summed E-state index contributed by atoms with van der Waals surface area (Å²) in [6, 6.07) is 10.2. The Morgan fingerprint density at radius 2 is 2.12 bits per heavy atom. The quantitative estimate of drug-likeness (QED) is 0.684. The van der Waals surface area contributed by atoms with Gasteiger partial charge in [0, 0.05) is 29.1 Å². The number of nitrogens with one attached hydrogen (secondary N) is 1. The van der Waals surface area contributed by atoms with Gasteiger partial charge < -0.3 is 10.1 Å². The minimum atomic E-state index is 0.187. The summed E-state index contributed by atoms with van der Waals surface area (Å²) in [5.74, 6) is 0. The first-order chi connectivity index (χ1) is 7.88. The van der Waals surface area contributed by atoms with Crippen molar-refractivity contribution in [3.8, 4) is 0 Å². The molecule has 1 aromatic carbocycles. The number of pyridine rings is 1. The number of nitrogens with zero attached hydrogens (tertiary/aromatic N) is 1. The summed E-state index contributed by atoms with van der Waals surface area (Å²) in [5.41, 5.74) is 3.16. The molecular weight excluding hydrogens is 200 g/mol. The molecule has 0 spiro atoms. The molecule has 0 aliphatic carbocycles. The summed E-state index contributed by atoms with van der Waals surface area (Å²) in [6.07, 6.45) is 2.48. The topological polar surface area (TPSA) is 48.9 Å². The Labute approximate surface area is 92.7 Å². The van der Waals surface area contributed by atoms with Crippen molar-refractivity contribution >= 4 is 21.9 Å². The lowest BCUT2D eigenvalue weighted by Crippen LogP contribution is -1.89. The minimum Gasteiger partial charge on any atom is -0.396 e. The van der Waals surface area contributed by atoms with E-state index in [0.717, 1.165) is 22.1 Å². The summed E-state index contributed by atoms with van der Waals surface area (Å²) in [7, 11) is 0. The van der Waals surface area contributed by atoms with Crippen molar-refractivity contribution in [1.29, 1.82) is 0 Å². The number of fused-ring (bicyclic) bond motifs is 3. The maximum atomic E-state index is 8.94. The van der Waals surface area contributed by atoms with Crippen molar-refractivity contribution < 1.29 is 5.11 Å². The van der Waals surface area contributed by atoms with Crippen LogP contribution in [0.4, 0.5) is 0 Å². The van der Waals surface area contributed by atoms with Crippen molar-refractivity contribution in [1.82, 2.24) is 9.97 Å². The molecule has 2 heterocycles. The highest BCUT2D eigenvalue weighted by Gasteiger charge is 2.04. The first kappa shape index (κ1) is 9.36. The van der Waals surface area contributed by atoms with Crippen LogP contribution in [0.25, 0.3) is 21.9 Å². The van der Waals surface area contributed by atoms with Crippen molar-refractivity contribution in [2.75, 3.05) is 6.61 Å². The van der Waals surface area contributed by atoms with Gasteiger partial charge in [0.25, 0.3) is 0 Å². The van der Waals surface area contributed by atoms with E-state index in [1.807, 2.05) is 18.2 Å². The molecule has 0 atom stereocenters. The molecule has 0 unspecified atom stereocenters. The molecule has 16 heavy (non-hydrogen) atoms. The Morgan fingerprint density at radius 1 is 1.19 bits per heavy atom. The Hall–Kier alpha value is -1.87. The molecule has 0 saturated carbocycles. The van der Waals surface area contributed by atoms with Gasteiger partial charge in [0.15, 0.2) is 0 Å². The fraction of sp³-hybridized carbons (Fsp3) is 0.154. The first-order valence-electron chi connectivity index (χ1n) is 5.34. The largest absolute Gasteiger partial charge is 0.396 e. The van der Waals surface area contributed by atoms with Crippen LogP contribution < -0.4 is 0 Å². The molecule has 2 N–H and O–H groups in total. The van der Waals surface area contributed by atoms with Gasteiger partial charge in [0.05, 0.1) is 0 Å². The minimum absolute atomic E-state index is 0.187. The van der Waals surface area contributed by atoms with Crippen LogP contribution in [-0.4, -0.2) is 21.7 Å². The van der Waals surface area contributed by atoms with E-state index in [1.54, 1.807) is 6.20 Å². The molecule has 80 valence electrons. The van der Waals surface area contributed by atoms with Crippen LogP contribution in [0.3, 0.4) is 0 Å². The second kappa shape index (κ2) is 3.61. The van der Waals surface area contributed by atoms with Gasteiger partial charge in [-0.25, -0.2) is 4.98 Å². The number of hydrogen-bond donors (Lipinski definition) is 2. The van der Waals surface area contributed by atoms with E-state index in [1.165, 1.54) is 5.39 Å². The van der Waals surface area contributed by atoms with E-state index in [2.05, 4.69) is 22.1 Å². The monoisotopic (exact) mass is 212 g/mol. The first-order valence-corrected chi connectivity index (χ1v) is 5.34. The summed E-state index contributed by atoms with van der Waals surface area (Å²) in [5, 5.41) is 11.2. The summed E-state index contributed by atoms with van der Waals surface area (Å²) in [6.45, 7) is 0.187. The normalized spacial score (nSPS) is 11.3. The fourth-order valence-corrected chi connectivity index (χ4v) is 2.06. The maximum absolute atomic E-state index is 8.94. The third-order valence-corrected chi connectivity index (χ3v) is 2.84. The SMILES string of the molecule is OCCc1ccc2[nH]c3ncccc3c2c1. The number of aliphatic hydroxyl groups excluding tert-OH is 1. The number of hydrogen-bond acceptors (Lipinski definition) is 2. The van der Waals surface area contributed by atoms with E-state index in [4.69, 9.17) is 5.11 Å². The molecule has 3 aromatic rings. The lowest BCUT2D eigenvalue weighted by atomic mass is 10.1. The number of aromatic nitrogens is 2. The molecule has 3 nitrogen and oxygen atoms in total. The van der Waals surface area contributed by atoms with E-state index in [9.17, 15) is 0 Å². The summed E-state index contributed by atoms with van der Waals surface area (Å²) < 4.78 is 0. The smallest absolute Gasteiger partial charge is 0.138 e. The van der Waals surface area contributed by atoms with Gasteiger partial charge in [-0.05, 0) is 36.2 Å². The average molecular weight is 212 g/mol. The fourth-order valence-electron chi connectivity index (χ4n) is 2.06. The Morgan fingerprint density at radius 3 is 3.00 bits per heavy atom. The lowest BCUT2D eigenvalue weighted by Gasteiger charge is -1.98. The van der Waals surface area contributed by atoms with Gasteiger partial charge in [-0.3, -0.25) is 0 Å². The van der Waals surface area contributed by atoms with Gasteiger partial charge >= 0.3 is 0 Å². The van der Waals surface area contributed by atoms with Crippen molar-refractivity contribution in [2.45, 2.75) is 6.42 Å². The van der Waals surface area contributed by atoms with Crippen molar-refractivity contribution in [2.24, 2.45) is 0 Å². The average Bonchev–Trinajstić information content (AvgIpc) is 2.68. The van der Waals surface area contributed by atoms with Crippen LogP contribution in [0.1, 0.15) is 5.56 Å². The Bertz CT molecular complexity index is 643. The zero-order valence-electron chi connectivity index (χ0n) is 8.77. The van der Waals surface area contributed by atoms with Crippen LogP contribution in [0.15, 0.2) is 36.5 Å². The third kappa shape index (κ3) is 1.37. The highest BCUT2D eigenvalue weighted by molar-refractivity contribution is 6.05. The molecule has 0 fully saturated rings. The molecule has 3 rings (SSSR count). The van der Waals surface area contributed by atoms with Gasteiger partial charge in [-0.15, -0.1) is 0 Å². The van der Waals surface area contributed by atoms with Gasteiger partial charge in [0.2, 0.25) is 0 Å². The van der Waals surface area contributed by atoms with E-state index >= 15 is 0 Å². The lowest BCUT2D eigenvalue weighted by molar-refractivity contribution is 0.299. The van der Waals surface area contributed by atoms with E-state index in [-0.39, 0.29) is 6.61 Å². The number of H-pyrrole nitrogens is 1. The highest BCUT2D eigenvalue weighted by atomic mass is 16.2. The number of aromatic amines is 1. The van der Waals surface area contributed by atoms with Gasteiger partial charge in [0.1, 0.15) is 5.65 Å². The van der Waals surface area contributed by atoms with E-state index < -0.39 is 0 Å². The Balaban J connectivity index is 2.31. The second-order valence-corrected chi connectivity index (χ2v) is 3.88. The van der Waals surface area contributed by atoms with Crippen LogP contribution in [0.5, 0.6) is 0 Å². The molecule has 0 aliphatic rings. The molecular formula is C13H12N2O. The molecule has 0 amide bonds. The van der Waals surface area contributed by atoms with Crippen LogP contribution >= 0.6 is 0 Å². The van der Waals surface area contributed by atoms with Crippen molar-refractivity contribution in [3.63, 3.8) is 0 Å². The predicted molar refractivity (Wildman–Crippen MR) is 64.4 cm³/mol. The van der Waals surface area contributed by atoms with E-state index in [0.29, 0.717) is 6.42 Å². The summed E-state index contributed by atoms with van der Waals surface area (Å²) in [4.78, 5) is 7.56. The zero-order chi connectivity index (χ0) is 11.0. The second-order valence-electron chi connectivity index (χ2n) is 3.88. The standard InChI is InChI=1S/C13H12N2O/c16-7-5-9-3-4-12-11(8-9)10-2-1-6-14-13(10)15-12/h1-4,6,8,16H,5,7H2,(H,14,15). The number of rotatable bonds is 2. The predicted octanol–water partition coefficient (Wildman–Crippen LogP) is 2.25. The van der Waals surface area contributed by atoms with Gasteiger partial charge in [-0.1, -0.05) is 6.07 Å².